The van der Waals surface area contributed by atoms with Gasteiger partial charge in [0.25, 0.3) is 0 Å². The second-order valence-corrected chi connectivity index (χ2v) is 14.4. The molecule has 0 aromatic heterocycles. The molecule has 200 valence electrons. The van der Waals surface area contributed by atoms with E-state index in [4.69, 9.17) is 0 Å². The maximum Gasteiger partial charge on any atom is 0.0420 e. The average Bonchev–Trinajstić information content (AvgIpc) is 3.05. The van der Waals surface area contributed by atoms with Gasteiger partial charge < -0.3 is 5.32 Å². The van der Waals surface area contributed by atoms with Gasteiger partial charge in [-0.05, 0) is 60.3 Å². The van der Waals surface area contributed by atoms with Crippen molar-refractivity contribution in [3.63, 3.8) is 0 Å². The molecule has 0 saturated carbocycles. The Kier molecular flexibility index (Phi) is 8.98. The zero-order valence-electron chi connectivity index (χ0n) is 23.0. The third-order valence-electron chi connectivity index (χ3n) is 7.23. The summed E-state index contributed by atoms with van der Waals surface area (Å²) in [5, 5.41) is 9.49. The van der Waals surface area contributed by atoms with Crippen molar-refractivity contribution in [3.8, 4) is 0 Å². The molecule has 6 aromatic carbocycles. The highest BCUT2D eigenvalue weighted by Crippen LogP contribution is 2.42. The van der Waals surface area contributed by atoms with Crippen molar-refractivity contribution >= 4 is 48.4 Å². The van der Waals surface area contributed by atoms with Crippen LogP contribution in [0.2, 0.25) is 0 Å². The van der Waals surface area contributed by atoms with E-state index in [1.54, 1.807) is 0 Å². The molecule has 1 nitrogen and oxygen atoms in total. The molecular formula is C38H33NP2. The molecule has 0 atom stereocenters. The van der Waals surface area contributed by atoms with E-state index in [-0.39, 0.29) is 0 Å². The maximum absolute atomic E-state index is 3.88. The first-order valence-corrected chi connectivity index (χ1v) is 17.1. The molecule has 6 aromatic rings. The molecule has 6 rings (SSSR count). The molecule has 0 aliphatic rings. The fraction of sp³-hybridized carbons (Fsp3) is 0.0526. The standard InChI is InChI=1S/C38H33NP2/c1-5-19-33(20-6-1)40(34-21-7-2-8-22-34)29-31-17-13-15-27-37(31)39-38-28-16-14-18-32(38)30-41(35-23-9-3-10-24-35)36-25-11-4-12-26-36/h1-28,39H,29-30H2. The van der Waals surface area contributed by atoms with Gasteiger partial charge in [0.2, 0.25) is 0 Å². The first kappa shape index (κ1) is 27.2. The smallest absolute Gasteiger partial charge is 0.0420 e. The van der Waals surface area contributed by atoms with Crippen molar-refractivity contribution in [2.45, 2.75) is 12.3 Å². The normalized spacial score (nSPS) is 11.1. The van der Waals surface area contributed by atoms with Crippen LogP contribution in [-0.2, 0) is 12.3 Å². The van der Waals surface area contributed by atoms with Gasteiger partial charge >= 0.3 is 0 Å². The highest BCUT2D eigenvalue weighted by molar-refractivity contribution is 7.72. The maximum atomic E-state index is 3.88. The molecule has 0 aliphatic carbocycles. The van der Waals surface area contributed by atoms with E-state index >= 15 is 0 Å². The number of hydrogen-bond donors (Lipinski definition) is 1. The van der Waals surface area contributed by atoms with Crippen LogP contribution in [0.3, 0.4) is 0 Å². The molecule has 0 radical (unpaired) electrons. The van der Waals surface area contributed by atoms with Crippen molar-refractivity contribution in [2.75, 3.05) is 5.32 Å². The van der Waals surface area contributed by atoms with E-state index in [0.717, 1.165) is 12.3 Å². The molecule has 0 unspecified atom stereocenters. The van der Waals surface area contributed by atoms with Gasteiger partial charge in [-0.1, -0.05) is 158 Å². The first-order valence-electron chi connectivity index (χ1n) is 14.0. The lowest BCUT2D eigenvalue weighted by Gasteiger charge is -2.23. The lowest BCUT2D eigenvalue weighted by atomic mass is 10.1. The van der Waals surface area contributed by atoms with Gasteiger partial charge in [0.05, 0.1) is 0 Å². The first-order chi connectivity index (χ1) is 20.3. The van der Waals surface area contributed by atoms with Crippen LogP contribution < -0.4 is 26.5 Å². The Balaban J connectivity index is 1.32. The van der Waals surface area contributed by atoms with Crippen LogP contribution >= 0.6 is 15.8 Å². The van der Waals surface area contributed by atoms with Crippen molar-refractivity contribution in [1.29, 1.82) is 0 Å². The average molecular weight is 566 g/mol. The number of para-hydroxylation sites is 2. The highest BCUT2D eigenvalue weighted by atomic mass is 31.1. The summed E-state index contributed by atoms with van der Waals surface area (Å²) in [6.07, 6.45) is 1.96. The quantitative estimate of drug-likeness (QED) is 0.164. The summed E-state index contributed by atoms with van der Waals surface area (Å²) in [5.41, 5.74) is 5.05. The summed E-state index contributed by atoms with van der Waals surface area (Å²) >= 11 is 0. The molecule has 3 heteroatoms. The fourth-order valence-corrected chi connectivity index (χ4v) is 9.83. The third kappa shape index (κ3) is 6.83. The molecule has 41 heavy (non-hydrogen) atoms. The van der Waals surface area contributed by atoms with E-state index < -0.39 is 15.8 Å². The van der Waals surface area contributed by atoms with Crippen molar-refractivity contribution in [2.24, 2.45) is 0 Å². The second-order valence-electron chi connectivity index (χ2n) is 9.95. The van der Waals surface area contributed by atoms with Gasteiger partial charge in [-0.15, -0.1) is 0 Å². The largest absolute Gasteiger partial charge is 0.355 e. The monoisotopic (exact) mass is 565 g/mol. The van der Waals surface area contributed by atoms with Gasteiger partial charge in [0.15, 0.2) is 0 Å². The number of rotatable bonds is 10. The van der Waals surface area contributed by atoms with Crippen LogP contribution in [0.1, 0.15) is 11.1 Å². The Bertz CT molecular complexity index is 1450. The van der Waals surface area contributed by atoms with Crippen molar-refractivity contribution in [3.05, 3.63) is 181 Å². The summed E-state index contributed by atoms with van der Waals surface area (Å²) in [4.78, 5) is 0. The zero-order chi connectivity index (χ0) is 27.7. The molecule has 0 saturated heterocycles. The third-order valence-corrected chi connectivity index (χ3v) is 12.2. The van der Waals surface area contributed by atoms with Crippen molar-refractivity contribution < 1.29 is 0 Å². The van der Waals surface area contributed by atoms with E-state index in [9.17, 15) is 0 Å². The SMILES string of the molecule is c1ccc(P(Cc2ccccc2Nc2ccccc2CP(c2ccccc2)c2ccccc2)c2ccccc2)cc1. The summed E-state index contributed by atoms with van der Waals surface area (Å²) in [5.74, 6) is 0. The molecule has 0 aliphatic heterocycles. The number of benzene rings is 6. The predicted molar refractivity (Wildman–Crippen MR) is 182 cm³/mol. The minimum atomic E-state index is -0.537. The summed E-state index contributed by atoms with van der Waals surface area (Å²) < 4.78 is 0. The van der Waals surface area contributed by atoms with Gasteiger partial charge in [-0.2, -0.15) is 0 Å². The predicted octanol–water partition coefficient (Wildman–Crippen LogP) is 8.70. The van der Waals surface area contributed by atoms with E-state index in [1.807, 2.05) is 0 Å². The minimum Gasteiger partial charge on any atom is -0.355 e. The van der Waals surface area contributed by atoms with Gasteiger partial charge in [0, 0.05) is 23.7 Å². The number of hydrogen-bond acceptors (Lipinski definition) is 1. The van der Waals surface area contributed by atoms with Crippen LogP contribution in [0.4, 0.5) is 11.4 Å². The molecule has 0 heterocycles. The Morgan fingerprint density at radius 1 is 0.317 bits per heavy atom. The number of nitrogens with one attached hydrogen (secondary N) is 1. The lowest BCUT2D eigenvalue weighted by molar-refractivity contribution is 1.34. The van der Waals surface area contributed by atoms with Crippen molar-refractivity contribution in [1.82, 2.24) is 0 Å². The summed E-state index contributed by atoms with van der Waals surface area (Å²) in [7, 11) is -1.07. The van der Waals surface area contributed by atoms with Gasteiger partial charge in [-0.25, -0.2) is 0 Å². The Morgan fingerprint density at radius 3 is 0.902 bits per heavy atom. The highest BCUT2D eigenvalue weighted by Gasteiger charge is 2.19. The molecule has 1 N–H and O–H groups in total. The van der Waals surface area contributed by atoms with E-state index in [1.165, 1.54) is 43.7 Å². The van der Waals surface area contributed by atoms with Crippen LogP contribution in [-0.4, -0.2) is 0 Å². The van der Waals surface area contributed by atoms with E-state index in [2.05, 4.69) is 175 Å². The molecular weight excluding hydrogens is 532 g/mol. The Morgan fingerprint density at radius 2 is 0.585 bits per heavy atom. The molecule has 0 fully saturated rings. The van der Waals surface area contributed by atoms with Crippen LogP contribution in [0.15, 0.2) is 170 Å². The zero-order valence-corrected chi connectivity index (χ0v) is 24.8. The topological polar surface area (TPSA) is 12.0 Å². The minimum absolute atomic E-state index is 0.537. The summed E-state index contributed by atoms with van der Waals surface area (Å²) in [6.45, 7) is 0. The lowest BCUT2D eigenvalue weighted by Crippen LogP contribution is -2.14. The number of anilines is 2. The molecule has 0 spiro atoms. The molecule has 0 bridgehead atoms. The van der Waals surface area contributed by atoms with Crippen LogP contribution in [0.25, 0.3) is 0 Å². The van der Waals surface area contributed by atoms with E-state index in [0.29, 0.717) is 0 Å². The van der Waals surface area contributed by atoms with Gasteiger partial charge in [-0.3, -0.25) is 0 Å². The second kappa shape index (κ2) is 13.6. The fourth-order valence-electron chi connectivity index (χ4n) is 5.14. The van der Waals surface area contributed by atoms with Crippen LogP contribution in [0, 0.1) is 0 Å². The summed E-state index contributed by atoms with van der Waals surface area (Å²) in [6, 6.07) is 61.6. The Labute approximate surface area is 246 Å². The van der Waals surface area contributed by atoms with Gasteiger partial charge in [0.1, 0.15) is 0 Å². The molecule has 0 amide bonds. The Hall–Kier alpha value is -4.02. The van der Waals surface area contributed by atoms with Crippen LogP contribution in [0.5, 0.6) is 0 Å².